The number of nitrogens with zero attached hydrogens (tertiary/aromatic N) is 3. The lowest BCUT2D eigenvalue weighted by Gasteiger charge is -2.12. The normalized spacial score (nSPS) is 10.7. The van der Waals surface area contributed by atoms with Gasteiger partial charge in [-0.15, -0.1) is 0 Å². The molecule has 0 atom stereocenters. The molecule has 0 saturated carbocycles. The Hall–Kier alpha value is -2.21. The molecule has 0 unspecified atom stereocenters. The van der Waals surface area contributed by atoms with Gasteiger partial charge >= 0.3 is 0 Å². The Balaban J connectivity index is 2.08. The number of anilines is 1. The first kappa shape index (κ1) is 16.2. The van der Waals surface area contributed by atoms with Gasteiger partial charge in [0.05, 0.1) is 6.61 Å². The zero-order valence-electron chi connectivity index (χ0n) is 13.2. The highest BCUT2D eigenvalue weighted by molar-refractivity contribution is 5.39. The molecule has 22 heavy (non-hydrogen) atoms. The van der Waals surface area contributed by atoms with Crippen molar-refractivity contribution in [1.82, 2.24) is 15.0 Å². The summed E-state index contributed by atoms with van der Waals surface area (Å²) in [5, 5.41) is 3.28. The van der Waals surface area contributed by atoms with E-state index in [-0.39, 0.29) is 5.92 Å². The van der Waals surface area contributed by atoms with Gasteiger partial charge < -0.3 is 14.8 Å². The molecule has 0 saturated heterocycles. The average Bonchev–Trinajstić information content (AvgIpc) is 2.54. The number of hydrogen-bond donors (Lipinski definition) is 1. The van der Waals surface area contributed by atoms with Gasteiger partial charge in [0.15, 0.2) is 0 Å². The Morgan fingerprint density at radius 3 is 2.77 bits per heavy atom. The Kier molecular flexibility index (Phi) is 6.09. The molecule has 2 heterocycles. The van der Waals surface area contributed by atoms with Crippen LogP contribution < -0.4 is 10.1 Å². The van der Waals surface area contributed by atoms with Gasteiger partial charge in [-0.3, -0.25) is 4.98 Å². The van der Waals surface area contributed by atoms with Crippen LogP contribution >= 0.6 is 0 Å². The van der Waals surface area contributed by atoms with E-state index >= 15 is 0 Å². The van der Waals surface area contributed by atoms with Gasteiger partial charge in [-0.05, 0) is 11.6 Å². The minimum absolute atomic E-state index is 0.227. The fourth-order valence-electron chi connectivity index (χ4n) is 1.79. The van der Waals surface area contributed by atoms with E-state index in [0.717, 1.165) is 17.2 Å². The number of pyridine rings is 1. The molecule has 2 aromatic rings. The molecular weight excluding hydrogens is 280 g/mol. The van der Waals surface area contributed by atoms with E-state index in [1.807, 2.05) is 18.3 Å². The van der Waals surface area contributed by atoms with Crippen LogP contribution in [0.5, 0.6) is 5.88 Å². The molecule has 0 bridgehead atoms. The van der Waals surface area contributed by atoms with Gasteiger partial charge in [-0.25, -0.2) is 4.98 Å². The maximum atomic E-state index is 5.60. The molecule has 0 aliphatic heterocycles. The van der Waals surface area contributed by atoms with Crippen molar-refractivity contribution < 1.29 is 9.47 Å². The Morgan fingerprint density at radius 1 is 1.23 bits per heavy atom. The van der Waals surface area contributed by atoms with Crippen LogP contribution in [-0.2, 0) is 11.3 Å². The van der Waals surface area contributed by atoms with Crippen LogP contribution in [0, 0.1) is 0 Å². The first-order valence-electron chi connectivity index (χ1n) is 7.32. The highest BCUT2D eigenvalue weighted by Gasteiger charge is 2.09. The summed E-state index contributed by atoms with van der Waals surface area (Å²) in [4.78, 5) is 13.0. The summed E-state index contributed by atoms with van der Waals surface area (Å²) in [6, 6.07) is 5.73. The van der Waals surface area contributed by atoms with Crippen molar-refractivity contribution in [3.63, 3.8) is 0 Å². The van der Waals surface area contributed by atoms with Gasteiger partial charge in [0.1, 0.15) is 18.2 Å². The molecule has 0 aliphatic rings. The third-order valence-electron chi connectivity index (χ3n) is 2.97. The fourth-order valence-corrected chi connectivity index (χ4v) is 1.79. The molecule has 6 nitrogen and oxygen atoms in total. The molecule has 2 rings (SSSR count). The Labute approximate surface area is 130 Å². The summed E-state index contributed by atoms with van der Waals surface area (Å²) in [5.41, 5.74) is 1.09. The third-order valence-corrected chi connectivity index (χ3v) is 2.97. The molecule has 0 radical (unpaired) electrons. The molecule has 118 valence electrons. The second-order valence-corrected chi connectivity index (χ2v) is 5.16. The first-order chi connectivity index (χ1) is 10.7. The highest BCUT2D eigenvalue weighted by Crippen LogP contribution is 2.19. The SMILES string of the molecule is COCCOc1cc(NCc2cccnc2)nc(C(C)C)n1. The zero-order chi connectivity index (χ0) is 15.8. The van der Waals surface area contributed by atoms with E-state index in [2.05, 4.69) is 34.1 Å². The van der Waals surface area contributed by atoms with Crippen molar-refractivity contribution in [1.29, 1.82) is 0 Å². The van der Waals surface area contributed by atoms with E-state index in [9.17, 15) is 0 Å². The third kappa shape index (κ3) is 4.96. The Morgan fingerprint density at radius 2 is 2.09 bits per heavy atom. The van der Waals surface area contributed by atoms with E-state index in [0.29, 0.717) is 25.6 Å². The van der Waals surface area contributed by atoms with Crippen molar-refractivity contribution in [2.75, 3.05) is 25.6 Å². The van der Waals surface area contributed by atoms with E-state index in [1.165, 1.54) is 0 Å². The highest BCUT2D eigenvalue weighted by atomic mass is 16.5. The molecular formula is C16H22N4O2. The molecule has 1 N–H and O–H groups in total. The van der Waals surface area contributed by atoms with E-state index < -0.39 is 0 Å². The van der Waals surface area contributed by atoms with Crippen LogP contribution in [0.3, 0.4) is 0 Å². The van der Waals surface area contributed by atoms with Crippen LogP contribution in [0.25, 0.3) is 0 Å². The van der Waals surface area contributed by atoms with Crippen LogP contribution in [-0.4, -0.2) is 35.3 Å². The van der Waals surface area contributed by atoms with Crippen LogP contribution in [0.4, 0.5) is 5.82 Å². The van der Waals surface area contributed by atoms with E-state index in [1.54, 1.807) is 19.4 Å². The smallest absolute Gasteiger partial charge is 0.218 e. The molecule has 6 heteroatoms. The number of rotatable bonds is 8. The lowest BCUT2D eigenvalue weighted by Crippen LogP contribution is -2.10. The van der Waals surface area contributed by atoms with Gasteiger partial charge in [-0.2, -0.15) is 4.98 Å². The van der Waals surface area contributed by atoms with Crippen LogP contribution in [0.15, 0.2) is 30.6 Å². The standard InChI is InChI=1S/C16H22N4O2/c1-12(2)16-19-14(9-15(20-16)22-8-7-21-3)18-11-13-5-4-6-17-10-13/h4-6,9-10,12H,7-8,11H2,1-3H3,(H,18,19,20). The lowest BCUT2D eigenvalue weighted by atomic mass is 10.2. The van der Waals surface area contributed by atoms with Gasteiger partial charge in [0.25, 0.3) is 0 Å². The maximum Gasteiger partial charge on any atom is 0.218 e. The predicted octanol–water partition coefficient (Wildman–Crippen LogP) is 2.63. The summed E-state index contributed by atoms with van der Waals surface area (Å²) < 4.78 is 10.6. The average molecular weight is 302 g/mol. The minimum Gasteiger partial charge on any atom is -0.475 e. The van der Waals surface area contributed by atoms with Crippen molar-refractivity contribution in [2.45, 2.75) is 26.3 Å². The fraction of sp³-hybridized carbons (Fsp3) is 0.438. The summed E-state index contributed by atoms with van der Waals surface area (Å²) >= 11 is 0. The van der Waals surface area contributed by atoms with Gasteiger partial charge in [0, 0.05) is 38.0 Å². The quantitative estimate of drug-likeness (QED) is 0.756. The summed E-state index contributed by atoms with van der Waals surface area (Å²) in [6.07, 6.45) is 3.58. The molecule has 2 aromatic heterocycles. The Bertz CT molecular complexity index is 576. The number of hydrogen-bond acceptors (Lipinski definition) is 6. The lowest BCUT2D eigenvalue weighted by molar-refractivity contribution is 0.143. The first-order valence-corrected chi connectivity index (χ1v) is 7.32. The number of nitrogens with one attached hydrogen (secondary N) is 1. The molecule has 0 aliphatic carbocycles. The maximum absolute atomic E-state index is 5.60. The molecule has 0 amide bonds. The van der Waals surface area contributed by atoms with Crippen molar-refractivity contribution in [3.05, 3.63) is 42.0 Å². The summed E-state index contributed by atoms with van der Waals surface area (Å²) in [7, 11) is 1.64. The summed E-state index contributed by atoms with van der Waals surface area (Å²) in [5.74, 6) is 2.29. The van der Waals surface area contributed by atoms with Crippen molar-refractivity contribution in [2.24, 2.45) is 0 Å². The monoisotopic (exact) mass is 302 g/mol. The largest absolute Gasteiger partial charge is 0.475 e. The van der Waals surface area contributed by atoms with Crippen molar-refractivity contribution >= 4 is 5.82 Å². The predicted molar refractivity (Wildman–Crippen MR) is 85.1 cm³/mol. The molecule has 0 fully saturated rings. The second-order valence-electron chi connectivity index (χ2n) is 5.16. The molecule has 0 spiro atoms. The number of methoxy groups -OCH3 is 1. The van der Waals surface area contributed by atoms with E-state index in [4.69, 9.17) is 9.47 Å². The van der Waals surface area contributed by atoms with Crippen LogP contribution in [0.2, 0.25) is 0 Å². The van der Waals surface area contributed by atoms with Crippen molar-refractivity contribution in [3.8, 4) is 5.88 Å². The molecule has 0 aromatic carbocycles. The zero-order valence-corrected chi connectivity index (χ0v) is 13.2. The van der Waals surface area contributed by atoms with Crippen LogP contribution in [0.1, 0.15) is 31.2 Å². The number of ether oxygens (including phenoxy) is 2. The van der Waals surface area contributed by atoms with Gasteiger partial charge in [0.2, 0.25) is 5.88 Å². The van der Waals surface area contributed by atoms with Gasteiger partial charge in [-0.1, -0.05) is 19.9 Å². The topological polar surface area (TPSA) is 69.2 Å². The summed E-state index contributed by atoms with van der Waals surface area (Å²) in [6.45, 7) is 5.75. The second kappa shape index (κ2) is 8.29. The minimum atomic E-state index is 0.227. The number of aromatic nitrogens is 3.